The first-order valence-corrected chi connectivity index (χ1v) is 10.6. The number of aromatic nitrogens is 1. The number of anilines is 2. The number of nitrogens with zero attached hydrogens (tertiary/aromatic N) is 1. The first kappa shape index (κ1) is 19.7. The van der Waals surface area contributed by atoms with E-state index in [1.165, 1.54) is 19.1 Å². The standard InChI is InChI=1S/C19H17N3O4S2/c1-13(23)16-9-5-6-10-17(16)21-18(24)11-14-12-27-19(20-14)22-28(25,26)15-7-3-2-4-8-15/h2-10,12H,11H2,1H3,(H,20,22)(H,21,24). The number of amides is 1. The van der Waals surface area contributed by atoms with Gasteiger partial charge in [0.05, 0.1) is 22.7 Å². The van der Waals surface area contributed by atoms with Crippen LogP contribution in [-0.2, 0) is 21.2 Å². The van der Waals surface area contributed by atoms with Crippen molar-refractivity contribution in [2.24, 2.45) is 0 Å². The van der Waals surface area contributed by atoms with E-state index in [1.54, 1.807) is 47.8 Å². The van der Waals surface area contributed by atoms with E-state index in [0.29, 0.717) is 16.9 Å². The van der Waals surface area contributed by atoms with Crippen molar-refractivity contribution in [2.45, 2.75) is 18.2 Å². The second kappa shape index (κ2) is 8.32. The van der Waals surface area contributed by atoms with Crippen LogP contribution in [0.15, 0.2) is 64.9 Å². The average Bonchev–Trinajstić information content (AvgIpc) is 3.08. The number of sulfonamides is 1. The molecular formula is C19H17N3O4S2. The topological polar surface area (TPSA) is 105 Å². The molecule has 2 aromatic carbocycles. The maximum atomic E-state index is 12.3. The summed E-state index contributed by atoms with van der Waals surface area (Å²) in [6.45, 7) is 1.43. The van der Waals surface area contributed by atoms with Gasteiger partial charge in [0.15, 0.2) is 10.9 Å². The zero-order chi connectivity index (χ0) is 20.1. The molecule has 0 aliphatic rings. The second-order valence-corrected chi connectivity index (χ2v) is 8.43. The molecule has 1 heterocycles. The van der Waals surface area contributed by atoms with Gasteiger partial charge in [0.2, 0.25) is 5.91 Å². The van der Waals surface area contributed by atoms with Crippen molar-refractivity contribution in [2.75, 3.05) is 10.0 Å². The van der Waals surface area contributed by atoms with E-state index in [2.05, 4.69) is 15.0 Å². The highest BCUT2D eigenvalue weighted by molar-refractivity contribution is 7.93. The largest absolute Gasteiger partial charge is 0.325 e. The highest BCUT2D eigenvalue weighted by Gasteiger charge is 2.17. The normalized spacial score (nSPS) is 11.0. The Morgan fingerprint density at radius 2 is 1.71 bits per heavy atom. The highest BCUT2D eigenvalue weighted by Crippen LogP contribution is 2.21. The van der Waals surface area contributed by atoms with Gasteiger partial charge in [0.25, 0.3) is 10.0 Å². The fraction of sp³-hybridized carbons (Fsp3) is 0.105. The third kappa shape index (κ3) is 4.81. The third-order valence-corrected chi connectivity index (χ3v) is 6.04. The molecule has 0 bridgehead atoms. The first-order valence-electron chi connectivity index (χ1n) is 8.27. The Kier molecular flexibility index (Phi) is 5.86. The van der Waals surface area contributed by atoms with Gasteiger partial charge in [-0.25, -0.2) is 13.4 Å². The van der Waals surface area contributed by atoms with Gasteiger partial charge in [0, 0.05) is 10.9 Å². The maximum absolute atomic E-state index is 12.3. The summed E-state index contributed by atoms with van der Waals surface area (Å²) in [5.41, 5.74) is 1.28. The minimum absolute atomic E-state index is 0.0458. The van der Waals surface area contributed by atoms with Crippen LogP contribution in [0, 0.1) is 0 Å². The summed E-state index contributed by atoms with van der Waals surface area (Å²) in [7, 11) is -3.73. The van der Waals surface area contributed by atoms with E-state index in [0.717, 1.165) is 11.3 Å². The Hall–Kier alpha value is -3.04. The predicted molar refractivity (Wildman–Crippen MR) is 108 cm³/mol. The molecule has 0 unspecified atom stereocenters. The third-order valence-electron chi connectivity index (χ3n) is 3.75. The summed E-state index contributed by atoms with van der Waals surface area (Å²) in [5.74, 6) is -0.501. The number of carbonyl (C=O) groups is 2. The van der Waals surface area contributed by atoms with E-state index >= 15 is 0 Å². The molecular weight excluding hydrogens is 398 g/mol. The molecule has 9 heteroatoms. The van der Waals surface area contributed by atoms with Crippen LogP contribution >= 0.6 is 11.3 Å². The molecule has 0 spiro atoms. The minimum atomic E-state index is -3.73. The molecule has 0 aliphatic carbocycles. The molecule has 0 fully saturated rings. The molecule has 0 aliphatic heterocycles. The van der Waals surface area contributed by atoms with Gasteiger partial charge in [0.1, 0.15) is 0 Å². The number of hydrogen-bond acceptors (Lipinski definition) is 6. The van der Waals surface area contributed by atoms with Gasteiger partial charge in [-0.2, -0.15) is 0 Å². The molecule has 2 N–H and O–H groups in total. The Bertz CT molecular complexity index is 1110. The molecule has 0 radical (unpaired) electrons. The van der Waals surface area contributed by atoms with Gasteiger partial charge in [-0.05, 0) is 31.2 Å². The van der Waals surface area contributed by atoms with Crippen molar-refractivity contribution in [3.05, 3.63) is 71.2 Å². The van der Waals surface area contributed by atoms with Crippen LogP contribution in [-0.4, -0.2) is 25.1 Å². The Morgan fingerprint density at radius 1 is 1.04 bits per heavy atom. The van der Waals surface area contributed by atoms with Crippen molar-refractivity contribution < 1.29 is 18.0 Å². The lowest BCUT2D eigenvalue weighted by molar-refractivity contribution is -0.115. The Balaban J connectivity index is 1.67. The number of ketones is 1. The second-order valence-electron chi connectivity index (χ2n) is 5.89. The average molecular weight is 415 g/mol. The van der Waals surface area contributed by atoms with Gasteiger partial charge >= 0.3 is 0 Å². The van der Waals surface area contributed by atoms with Crippen LogP contribution < -0.4 is 10.0 Å². The maximum Gasteiger partial charge on any atom is 0.263 e. The van der Waals surface area contributed by atoms with E-state index in [4.69, 9.17) is 0 Å². The monoisotopic (exact) mass is 415 g/mol. The summed E-state index contributed by atoms with van der Waals surface area (Å²) in [5, 5.41) is 4.48. The van der Waals surface area contributed by atoms with Gasteiger partial charge < -0.3 is 5.32 Å². The number of para-hydroxylation sites is 1. The number of hydrogen-bond donors (Lipinski definition) is 2. The van der Waals surface area contributed by atoms with Crippen molar-refractivity contribution in [3.8, 4) is 0 Å². The molecule has 144 valence electrons. The molecule has 28 heavy (non-hydrogen) atoms. The van der Waals surface area contributed by atoms with E-state index in [9.17, 15) is 18.0 Å². The SMILES string of the molecule is CC(=O)c1ccccc1NC(=O)Cc1csc(NS(=O)(=O)c2ccccc2)n1. The van der Waals surface area contributed by atoms with Crippen LogP contribution in [0.4, 0.5) is 10.8 Å². The zero-order valence-corrected chi connectivity index (χ0v) is 16.5. The molecule has 0 saturated heterocycles. The molecule has 1 aromatic heterocycles. The Morgan fingerprint density at radius 3 is 2.43 bits per heavy atom. The lowest BCUT2D eigenvalue weighted by Gasteiger charge is -2.08. The number of nitrogens with one attached hydrogen (secondary N) is 2. The minimum Gasteiger partial charge on any atom is -0.325 e. The quantitative estimate of drug-likeness (QED) is 0.576. The highest BCUT2D eigenvalue weighted by atomic mass is 32.2. The van der Waals surface area contributed by atoms with Crippen LogP contribution in [0.3, 0.4) is 0 Å². The van der Waals surface area contributed by atoms with Crippen molar-refractivity contribution in [1.29, 1.82) is 0 Å². The summed E-state index contributed by atoms with van der Waals surface area (Å²) in [4.78, 5) is 28.2. The van der Waals surface area contributed by atoms with Crippen LogP contribution in [0.2, 0.25) is 0 Å². The fourth-order valence-corrected chi connectivity index (χ4v) is 4.45. The lowest BCUT2D eigenvalue weighted by atomic mass is 10.1. The summed E-state index contributed by atoms with van der Waals surface area (Å²) < 4.78 is 27.0. The Labute approximate surface area is 166 Å². The van der Waals surface area contributed by atoms with Crippen molar-refractivity contribution in [3.63, 3.8) is 0 Å². The zero-order valence-electron chi connectivity index (χ0n) is 14.9. The van der Waals surface area contributed by atoms with Crippen LogP contribution in [0.1, 0.15) is 23.0 Å². The van der Waals surface area contributed by atoms with Crippen LogP contribution in [0.25, 0.3) is 0 Å². The van der Waals surface area contributed by atoms with E-state index < -0.39 is 10.0 Å². The van der Waals surface area contributed by atoms with Gasteiger partial charge in [-0.3, -0.25) is 14.3 Å². The number of thiazole rings is 1. The van der Waals surface area contributed by atoms with E-state index in [1.807, 2.05) is 0 Å². The summed E-state index contributed by atoms with van der Waals surface area (Å²) in [6, 6.07) is 14.7. The lowest BCUT2D eigenvalue weighted by Crippen LogP contribution is -2.17. The van der Waals surface area contributed by atoms with E-state index in [-0.39, 0.29) is 28.1 Å². The van der Waals surface area contributed by atoms with Crippen LogP contribution in [0.5, 0.6) is 0 Å². The molecule has 0 saturated carbocycles. The number of benzene rings is 2. The fourth-order valence-electron chi connectivity index (χ4n) is 2.47. The van der Waals surface area contributed by atoms with Crippen molar-refractivity contribution in [1.82, 2.24) is 4.98 Å². The predicted octanol–water partition coefficient (Wildman–Crippen LogP) is 3.33. The number of rotatable bonds is 7. The molecule has 1 amide bonds. The van der Waals surface area contributed by atoms with Crippen molar-refractivity contribution >= 4 is 43.9 Å². The van der Waals surface area contributed by atoms with Gasteiger partial charge in [-0.1, -0.05) is 30.3 Å². The molecule has 0 atom stereocenters. The molecule has 3 aromatic rings. The number of Topliss-reactive ketones (excluding diaryl/α,β-unsaturated/α-hetero) is 1. The molecule has 3 rings (SSSR count). The summed E-state index contributed by atoms with van der Waals surface area (Å²) >= 11 is 1.09. The summed E-state index contributed by atoms with van der Waals surface area (Å²) in [6.07, 6.45) is -0.0458. The molecule has 7 nitrogen and oxygen atoms in total. The smallest absolute Gasteiger partial charge is 0.263 e. The van der Waals surface area contributed by atoms with Gasteiger partial charge in [-0.15, -0.1) is 11.3 Å². The number of carbonyl (C=O) groups excluding carboxylic acids is 2. The first-order chi connectivity index (χ1) is 13.3.